The van der Waals surface area contributed by atoms with Gasteiger partial charge in [0.2, 0.25) is 5.91 Å². The van der Waals surface area contributed by atoms with Crippen molar-refractivity contribution in [3.8, 4) is 11.5 Å². The van der Waals surface area contributed by atoms with Gasteiger partial charge in [-0.2, -0.15) is 0 Å². The van der Waals surface area contributed by atoms with E-state index in [-0.39, 0.29) is 5.91 Å². The molecule has 0 spiro atoms. The number of amides is 2. The summed E-state index contributed by atoms with van der Waals surface area (Å²) in [6.45, 7) is 5.76. The van der Waals surface area contributed by atoms with Crippen molar-refractivity contribution in [2.45, 2.75) is 45.4 Å². The molecule has 1 aliphatic heterocycles. The zero-order chi connectivity index (χ0) is 22.5. The number of methoxy groups -OCH3 is 2. The van der Waals surface area contributed by atoms with E-state index in [0.717, 1.165) is 5.56 Å². The van der Waals surface area contributed by atoms with Crippen LogP contribution in [0, 0.1) is 0 Å². The van der Waals surface area contributed by atoms with Crippen molar-refractivity contribution in [1.82, 2.24) is 10.2 Å². The summed E-state index contributed by atoms with van der Waals surface area (Å²) in [5, 5.41) is 11.7. The molecule has 9 nitrogen and oxygen atoms in total. The summed E-state index contributed by atoms with van der Waals surface area (Å²) in [5.41, 5.74) is 0.359. The number of carboxylic acids is 1. The van der Waals surface area contributed by atoms with E-state index >= 15 is 0 Å². The van der Waals surface area contributed by atoms with Crippen molar-refractivity contribution in [1.29, 1.82) is 0 Å². The highest BCUT2D eigenvalue weighted by atomic mass is 16.6. The monoisotopic (exact) mass is 420 g/mol. The van der Waals surface area contributed by atoms with Crippen LogP contribution in [0.15, 0.2) is 29.8 Å². The summed E-state index contributed by atoms with van der Waals surface area (Å²) in [7, 11) is 3.09. The number of aliphatic carboxylic acids is 1. The Morgan fingerprint density at radius 2 is 1.97 bits per heavy atom. The normalized spacial score (nSPS) is 16.4. The average molecular weight is 420 g/mol. The number of carbonyl (C=O) groups is 3. The molecule has 1 aromatic carbocycles. The Bertz CT molecular complexity index is 842. The molecule has 1 aliphatic rings. The third kappa shape index (κ3) is 6.13. The van der Waals surface area contributed by atoms with Gasteiger partial charge in [0.05, 0.1) is 14.2 Å². The van der Waals surface area contributed by atoms with Gasteiger partial charge < -0.3 is 29.5 Å². The summed E-state index contributed by atoms with van der Waals surface area (Å²) >= 11 is 0. The highest BCUT2D eigenvalue weighted by Crippen LogP contribution is 2.28. The SMILES string of the molecule is COc1ccc(CN2CC/C(=C\[C@H](NC(=O)OC(C)(C)C)C(=O)O)C2=O)c(OC)c1. The van der Waals surface area contributed by atoms with Crippen molar-refractivity contribution in [3.05, 3.63) is 35.4 Å². The molecule has 1 fully saturated rings. The van der Waals surface area contributed by atoms with Gasteiger partial charge in [0.1, 0.15) is 23.1 Å². The van der Waals surface area contributed by atoms with Crippen LogP contribution in [0.25, 0.3) is 0 Å². The van der Waals surface area contributed by atoms with Gasteiger partial charge in [-0.1, -0.05) is 0 Å². The van der Waals surface area contributed by atoms with E-state index < -0.39 is 23.7 Å². The standard InChI is InChI=1S/C21H28N2O7/c1-21(2,3)30-20(27)22-16(19(25)26)10-13-8-9-23(18(13)24)12-14-6-7-15(28-4)11-17(14)29-5/h6-7,10-11,16H,8-9,12H2,1-5H3,(H,22,27)(H,25,26)/b13-10+/t16-/m0/s1. The molecule has 0 aromatic heterocycles. The molecule has 30 heavy (non-hydrogen) atoms. The quantitative estimate of drug-likeness (QED) is 0.651. The van der Waals surface area contributed by atoms with Crippen molar-refractivity contribution in [2.75, 3.05) is 20.8 Å². The predicted molar refractivity (Wildman–Crippen MR) is 108 cm³/mol. The van der Waals surface area contributed by atoms with E-state index in [1.807, 2.05) is 6.07 Å². The molecule has 1 aromatic rings. The maximum atomic E-state index is 12.8. The highest BCUT2D eigenvalue weighted by molar-refractivity contribution is 5.97. The van der Waals surface area contributed by atoms with Gasteiger partial charge in [0.15, 0.2) is 0 Å². The van der Waals surface area contributed by atoms with Gasteiger partial charge in [-0.25, -0.2) is 9.59 Å². The number of carbonyl (C=O) groups excluding carboxylic acids is 2. The van der Waals surface area contributed by atoms with Gasteiger partial charge in [-0.05, 0) is 45.4 Å². The Kier molecular flexibility index (Phi) is 7.31. The van der Waals surface area contributed by atoms with Gasteiger partial charge in [0, 0.05) is 30.3 Å². The van der Waals surface area contributed by atoms with Crippen LogP contribution in [0.5, 0.6) is 11.5 Å². The van der Waals surface area contributed by atoms with Crippen LogP contribution >= 0.6 is 0 Å². The van der Waals surface area contributed by atoms with Crippen molar-refractivity contribution in [2.24, 2.45) is 0 Å². The molecule has 0 aliphatic carbocycles. The minimum atomic E-state index is -1.37. The number of alkyl carbamates (subject to hydrolysis) is 1. The van der Waals surface area contributed by atoms with Crippen LogP contribution in [0.1, 0.15) is 32.8 Å². The summed E-state index contributed by atoms with van der Waals surface area (Å²) < 4.78 is 15.6. The van der Waals surface area contributed by atoms with Crippen molar-refractivity contribution in [3.63, 3.8) is 0 Å². The first kappa shape index (κ1) is 23.1. The number of nitrogens with one attached hydrogen (secondary N) is 1. The van der Waals surface area contributed by atoms with Crippen LogP contribution < -0.4 is 14.8 Å². The van der Waals surface area contributed by atoms with Crippen LogP contribution in [0.2, 0.25) is 0 Å². The Hall–Kier alpha value is -3.23. The number of ether oxygens (including phenoxy) is 3. The second-order valence-electron chi connectivity index (χ2n) is 7.81. The first-order valence-corrected chi connectivity index (χ1v) is 9.47. The molecule has 1 heterocycles. The largest absolute Gasteiger partial charge is 0.497 e. The number of likely N-dealkylation sites (tertiary alicyclic amines) is 1. The minimum absolute atomic E-state index is 0.287. The lowest BCUT2D eigenvalue weighted by atomic mass is 10.1. The first-order chi connectivity index (χ1) is 14.0. The lowest BCUT2D eigenvalue weighted by Gasteiger charge is -2.21. The Labute approximate surface area is 175 Å². The third-order valence-corrected chi connectivity index (χ3v) is 4.37. The van der Waals surface area contributed by atoms with Gasteiger partial charge in [0.25, 0.3) is 0 Å². The summed E-state index contributed by atoms with van der Waals surface area (Å²) in [5.74, 6) is -0.336. The fraction of sp³-hybridized carbons (Fsp3) is 0.476. The van der Waals surface area contributed by atoms with Crippen LogP contribution in [-0.4, -0.2) is 60.4 Å². The van der Waals surface area contributed by atoms with E-state index in [1.54, 1.807) is 44.9 Å². The summed E-state index contributed by atoms with van der Waals surface area (Å²) in [6, 6.07) is 3.96. The third-order valence-electron chi connectivity index (χ3n) is 4.37. The number of hydrogen-bond acceptors (Lipinski definition) is 6. The summed E-state index contributed by atoms with van der Waals surface area (Å²) in [4.78, 5) is 37.8. The fourth-order valence-electron chi connectivity index (χ4n) is 2.97. The van der Waals surface area contributed by atoms with Gasteiger partial charge >= 0.3 is 12.1 Å². The molecule has 2 rings (SSSR count). The molecule has 0 bridgehead atoms. The highest BCUT2D eigenvalue weighted by Gasteiger charge is 2.30. The number of nitrogens with zero attached hydrogens (tertiary/aromatic N) is 1. The summed E-state index contributed by atoms with van der Waals surface area (Å²) in [6.07, 6.45) is 0.772. The lowest BCUT2D eigenvalue weighted by Crippen LogP contribution is -2.42. The Balaban J connectivity index is 2.11. The van der Waals surface area contributed by atoms with E-state index in [0.29, 0.717) is 36.6 Å². The predicted octanol–water partition coefficient (Wildman–Crippen LogP) is 2.34. The lowest BCUT2D eigenvalue weighted by molar-refractivity contribution is -0.138. The molecular formula is C21H28N2O7. The smallest absolute Gasteiger partial charge is 0.408 e. The number of hydrogen-bond donors (Lipinski definition) is 2. The van der Waals surface area contributed by atoms with Crippen molar-refractivity contribution < 1.29 is 33.7 Å². The molecule has 1 atom stereocenters. The van der Waals surface area contributed by atoms with Crippen molar-refractivity contribution >= 4 is 18.0 Å². The number of benzene rings is 1. The molecule has 0 saturated carbocycles. The molecule has 1 saturated heterocycles. The minimum Gasteiger partial charge on any atom is -0.497 e. The Morgan fingerprint density at radius 3 is 2.53 bits per heavy atom. The van der Waals surface area contributed by atoms with E-state index in [1.165, 1.54) is 13.2 Å². The number of rotatable bonds is 7. The second kappa shape index (κ2) is 9.51. The molecule has 0 unspecified atom stereocenters. The fourth-order valence-corrected chi connectivity index (χ4v) is 2.97. The molecular weight excluding hydrogens is 392 g/mol. The average Bonchev–Trinajstić information content (AvgIpc) is 2.99. The van der Waals surface area contributed by atoms with E-state index in [2.05, 4.69) is 5.32 Å². The zero-order valence-electron chi connectivity index (χ0n) is 17.9. The maximum Gasteiger partial charge on any atom is 0.408 e. The second-order valence-corrected chi connectivity index (χ2v) is 7.81. The van der Waals surface area contributed by atoms with Crippen LogP contribution in [-0.2, 0) is 20.9 Å². The molecule has 2 N–H and O–H groups in total. The van der Waals surface area contributed by atoms with Gasteiger partial charge in [-0.3, -0.25) is 4.79 Å². The molecule has 164 valence electrons. The first-order valence-electron chi connectivity index (χ1n) is 9.47. The van der Waals surface area contributed by atoms with Gasteiger partial charge in [-0.15, -0.1) is 0 Å². The maximum absolute atomic E-state index is 12.8. The van der Waals surface area contributed by atoms with Crippen LogP contribution in [0.4, 0.5) is 4.79 Å². The Morgan fingerprint density at radius 1 is 1.27 bits per heavy atom. The van der Waals surface area contributed by atoms with E-state index in [9.17, 15) is 19.5 Å². The molecule has 9 heteroatoms. The molecule has 0 radical (unpaired) electrons. The molecule has 2 amide bonds. The van der Waals surface area contributed by atoms with E-state index in [4.69, 9.17) is 14.2 Å². The van der Waals surface area contributed by atoms with Crippen LogP contribution in [0.3, 0.4) is 0 Å². The number of carboxylic acid groups (broad SMARTS) is 1. The zero-order valence-corrected chi connectivity index (χ0v) is 17.9. The topological polar surface area (TPSA) is 114 Å².